The van der Waals surface area contributed by atoms with Crippen molar-refractivity contribution < 1.29 is 9.90 Å². The fourth-order valence-corrected chi connectivity index (χ4v) is 3.26. The molecule has 2 aliphatic carbocycles. The molecule has 1 N–H and O–H groups in total. The van der Waals surface area contributed by atoms with Gasteiger partial charge in [-0.25, -0.2) is 0 Å². The number of carbonyl (C=O) groups is 1. The zero-order chi connectivity index (χ0) is 12.5. The van der Waals surface area contributed by atoms with Gasteiger partial charge in [0.2, 0.25) is 0 Å². The normalized spacial score (nSPS) is 28.8. The smallest absolute Gasteiger partial charge is 0.166 e. The summed E-state index contributed by atoms with van der Waals surface area (Å²) in [7, 11) is 0. The first-order chi connectivity index (χ1) is 8.77. The second-order valence-electron chi connectivity index (χ2n) is 5.50. The summed E-state index contributed by atoms with van der Waals surface area (Å²) in [6.45, 7) is 0. The second kappa shape index (κ2) is 4.84. The minimum atomic E-state index is -0.312. The Morgan fingerprint density at radius 2 is 2.00 bits per heavy atom. The monoisotopic (exact) mass is 248 g/mol. The maximum absolute atomic E-state index is 11.8. The van der Waals surface area contributed by atoms with E-state index in [0.29, 0.717) is 6.42 Å². The molecular weight excluding hydrogens is 228 g/mol. The van der Waals surface area contributed by atoms with Gasteiger partial charge in [-0.3, -0.25) is 9.48 Å². The van der Waals surface area contributed by atoms with Crippen LogP contribution in [-0.2, 0) is 6.42 Å². The van der Waals surface area contributed by atoms with E-state index < -0.39 is 0 Å². The van der Waals surface area contributed by atoms with Gasteiger partial charge in [-0.15, -0.1) is 0 Å². The lowest BCUT2D eigenvalue weighted by Crippen LogP contribution is -2.26. The van der Waals surface area contributed by atoms with Gasteiger partial charge < -0.3 is 5.11 Å². The highest BCUT2D eigenvalue weighted by atomic mass is 16.3. The Morgan fingerprint density at radius 1 is 1.17 bits per heavy atom. The molecule has 1 aromatic heterocycles. The van der Waals surface area contributed by atoms with Crippen molar-refractivity contribution in [3.63, 3.8) is 0 Å². The molecule has 1 aromatic rings. The Labute approximate surface area is 107 Å². The van der Waals surface area contributed by atoms with Crippen LogP contribution in [0.3, 0.4) is 0 Å². The standard InChI is InChI=1S/C14H20N2O2/c17-13-8-4-6-11-10(13)9-15-16(11)12-5-2-1-3-7-14(12)18/h9,12,14,18H,1-8H2. The van der Waals surface area contributed by atoms with Crippen LogP contribution in [0.15, 0.2) is 6.20 Å². The average molecular weight is 248 g/mol. The minimum absolute atomic E-state index is 0.0714. The van der Waals surface area contributed by atoms with E-state index in [1.54, 1.807) is 6.20 Å². The van der Waals surface area contributed by atoms with Crippen molar-refractivity contribution in [2.45, 2.75) is 63.5 Å². The van der Waals surface area contributed by atoms with E-state index in [4.69, 9.17) is 0 Å². The molecule has 0 spiro atoms. The summed E-state index contributed by atoms with van der Waals surface area (Å²) in [5.74, 6) is 0.214. The van der Waals surface area contributed by atoms with Crippen LogP contribution < -0.4 is 0 Å². The molecule has 0 radical (unpaired) electrons. The predicted molar refractivity (Wildman–Crippen MR) is 67.6 cm³/mol. The van der Waals surface area contributed by atoms with Gasteiger partial charge in [0.15, 0.2) is 5.78 Å². The number of aliphatic hydroxyl groups excluding tert-OH is 1. The number of hydrogen-bond donors (Lipinski definition) is 1. The molecule has 1 fully saturated rings. The molecule has 2 atom stereocenters. The summed E-state index contributed by atoms with van der Waals surface area (Å²) in [6, 6.07) is 0.0714. The Kier molecular flexibility index (Phi) is 3.20. The number of aromatic nitrogens is 2. The van der Waals surface area contributed by atoms with Crippen molar-refractivity contribution in [1.82, 2.24) is 9.78 Å². The Bertz CT molecular complexity index is 453. The van der Waals surface area contributed by atoms with E-state index in [-0.39, 0.29) is 17.9 Å². The van der Waals surface area contributed by atoms with Crippen LogP contribution in [0.4, 0.5) is 0 Å². The van der Waals surface area contributed by atoms with E-state index >= 15 is 0 Å². The molecule has 1 saturated carbocycles. The number of nitrogens with zero attached hydrogens (tertiary/aromatic N) is 2. The summed E-state index contributed by atoms with van der Waals surface area (Å²) in [5.41, 5.74) is 1.84. The lowest BCUT2D eigenvalue weighted by Gasteiger charge is -2.24. The molecule has 0 amide bonds. The van der Waals surface area contributed by atoms with Crippen LogP contribution in [0.2, 0.25) is 0 Å². The van der Waals surface area contributed by atoms with Crippen molar-refractivity contribution in [2.24, 2.45) is 0 Å². The molecule has 4 heteroatoms. The molecular formula is C14H20N2O2. The number of hydrogen-bond acceptors (Lipinski definition) is 3. The topological polar surface area (TPSA) is 55.1 Å². The fraction of sp³-hybridized carbons (Fsp3) is 0.714. The molecule has 0 saturated heterocycles. The predicted octanol–water partition coefficient (Wildman–Crippen LogP) is 2.27. The molecule has 98 valence electrons. The van der Waals surface area contributed by atoms with Crippen LogP contribution in [0.5, 0.6) is 0 Å². The van der Waals surface area contributed by atoms with Crippen molar-refractivity contribution in [3.8, 4) is 0 Å². The Morgan fingerprint density at radius 3 is 2.89 bits per heavy atom. The van der Waals surface area contributed by atoms with Gasteiger partial charge in [-0.2, -0.15) is 5.10 Å². The van der Waals surface area contributed by atoms with Gasteiger partial charge in [0.1, 0.15) is 0 Å². The van der Waals surface area contributed by atoms with Gasteiger partial charge >= 0.3 is 0 Å². The summed E-state index contributed by atoms with van der Waals surface area (Å²) in [5, 5.41) is 14.6. The quantitative estimate of drug-likeness (QED) is 0.776. The van der Waals surface area contributed by atoms with Crippen LogP contribution in [0, 0.1) is 0 Å². The first-order valence-corrected chi connectivity index (χ1v) is 7.05. The number of fused-ring (bicyclic) bond motifs is 1. The highest BCUT2D eigenvalue weighted by Gasteiger charge is 2.29. The van der Waals surface area contributed by atoms with Crippen LogP contribution in [0.25, 0.3) is 0 Å². The van der Waals surface area contributed by atoms with Gasteiger partial charge in [-0.05, 0) is 25.7 Å². The summed E-state index contributed by atoms with van der Waals surface area (Å²) >= 11 is 0. The van der Waals surface area contributed by atoms with Crippen molar-refractivity contribution in [3.05, 3.63) is 17.5 Å². The first-order valence-electron chi connectivity index (χ1n) is 7.05. The van der Waals surface area contributed by atoms with Crippen molar-refractivity contribution in [2.75, 3.05) is 0 Å². The molecule has 0 bridgehead atoms. The van der Waals surface area contributed by atoms with Gasteiger partial charge in [0, 0.05) is 12.1 Å². The van der Waals surface area contributed by atoms with E-state index in [0.717, 1.165) is 49.8 Å². The molecule has 2 unspecified atom stereocenters. The molecule has 4 nitrogen and oxygen atoms in total. The fourth-order valence-electron chi connectivity index (χ4n) is 3.26. The van der Waals surface area contributed by atoms with Crippen LogP contribution in [-0.4, -0.2) is 26.8 Å². The Balaban J connectivity index is 1.94. The molecule has 0 aliphatic heterocycles. The van der Waals surface area contributed by atoms with Gasteiger partial charge in [0.25, 0.3) is 0 Å². The summed E-state index contributed by atoms with van der Waals surface area (Å²) in [4.78, 5) is 11.8. The maximum Gasteiger partial charge on any atom is 0.166 e. The third kappa shape index (κ3) is 1.99. The molecule has 0 aromatic carbocycles. The third-order valence-electron chi connectivity index (χ3n) is 4.27. The highest BCUT2D eigenvalue weighted by molar-refractivity contribution is 5.97. The molecule has 3 rings (SSSR count). The van der Waals surface area contributed by atoms with Crippen molar-refractivity contribution >= 4 is 5.78 Å². The van der Waals surface area contributed by atoms with E-state index in [2.05, 4.69) is 5.10 Å². The van der Waals surface area contributed by atoms with Crippen molar-refractivity contribution in [1.29, 1.82) is 0 Å². The number of aliphatic hydroxyl groups is 1. The number of Topliss-reactive ketones (excluding diaryl/α,β-unsaturated/α-hetero) is 1. The third-order valence-corrected chi connectivity index (χ3v) is 4.27. The first kappa shape index (κ1) is 11.9. The average Bonchev–Trinajstić information content (AvgIpc) is 2.68. The molecule has 18 heavy (non-hydrogen) atoms. The zero-order valence-corrected chi connectivity index (χ0v) is 10.6. The summed E-state index contributed by atoms with van der Waals surface area (Å²) < 4.78 is 1.95. The molecule has 1 heterocycles. The Hall–Kier alpha value is -1.16. The van der Waals surface area contributed by atoms with Crippen LogP contribution in [0.1, 0.15) is 67.0 Å². The lowest BCUT2D eigenvalue weighted by atomic mass is 9.96. The highest BCUT2D eigenvalue weighted by Crippen LogP contribution is 2.31. The van der Waals surface area contributed by atoms with Crippen LogP contribution >= 0.6 is 0 Å². The van der Waals surface area contributed by atoms with Gasteiger partial charge in [0.05, 0.1) is 23.9 Å². The summed E-state index contributed by atoms with van der Waals surface area (Å²) in [6.07, 6.45) is 9.13. The van der Waals surface area contributed by atoms with E-state index in [1.165, 1.54) is 6.42 Å². The SMILES string of the molecule is O=C1CCCc2c1cnn2C1CCCCCC1O. The number of rotatable bonds is 1. The second-order valence-corrected chi connectivity index (χ2v) is 5.50. The zero-order valence-electron chi connectivity index (χ0n) is 10.6. The maximum atomic E-state index is 11.8. The van der Waals surface area contributed by atoms with Gasteiger partial charge in [-0.1, -0.05) is 19.3 Å². The lowest BCUT2D eigenvalue weighted by molar-refractivity contribution is 0.0935. The van der Waals surface area contributed by atoms with E-state index in [1.807, 2.05) is 4.68 Å². The number of ketones is 1. The minimum Gasteiger partial charge on any atom is -0.391 e. The largest absolute Gasteiger partial charge is 0.391 e. The van der Waals surface area contributed by atoms with E-state index in [9.17, 15) is 9.90 Å². The number of carbonyl (C=O) groups excluding carboxylic acids is 1. The molecule has 2 aliphatic rings.